The van der Waals surface area contributed by atoms with Crippen LogP contribution in [0, 0.1) is 0 Å². The Morgan fingerprint density at radius 2 is 2.25 bits per heavy atom. The standard InChI is InChI=1S/C6H12O2/c1-2-3-6(8)4-5-7/h3,7-8H,2,4-5H2,1H3. The molecule has 0 amide bonds. The van der Waals surface area contributed by atoms with Crippen molar-refractivity contribution in [2.75, 3.05) is 6.61 Å². The van der Waals surface area contributed by atoms with E-state index in [9.17, 15) is 0 Å². The lowest BCUT2D eigenvalue weighted by Gasteiger charge is -1.91. The van der Waals surface area contributed by atoms with Crippen molar-refractivity contribution in [1.29, 1.82) is 0 Å². The van der Waals surface area contributed by atoms with Gasteiger partial charge in [-0.25, -0.2) is 0 Å². The normalized spacial score (nSPS) is 12.0. The Kier molecular flexibility index (Phi) is 4.36. The Morgan fingerprint density at radius 1 is 1.62 bits per heavy atom. The number of rotatable bonds is 3. The molecule has 0 aromatic rings. The zero-order chi connectivity index (χ0) is 6.41. The minimum atomic E-state index is 0.0301. The first-order valence-corrected chi connectivity index (χ1v) is 2.80. The summed E-state index contributed by atoms with van der Waals surface area (Å²) in [4.78, 5) is 0. The molecular weight excluding hydrogens is 104 g/mol. The minimum Gasteiger partial charge on any atom is -0.513 e. The highest BCUT2D eigenvalue weighted by molar-refractivity contribution is 4.89. The van der Waals surface area contributed by atoms with Crippen LogP contribution in [-0.2, 0) is 0 Å². The predicted molar refractivity (Wildman–Crippen MR) is 32.7 cm³/mol. The predicted octanol–water partition coefficient (Wildman–Crippen LogP) is 1.22. The zero-order valence-electron chi connectivity index (χ0n) is 5.09. The molecule has 0 unspecified atom stereocenters. The molecule has 0 fully saturated rings. The molecule has 0 saturated heterocycles. The lowest BCUT2D eigenvalue weighted by Crippen LogP contribution is -1.85. The number of aliphatic hydroxyl groups excluding tert-OH is 2. The summed E-state index contributed by atoms with van der Waals surface area (Å²) in [7, 11) is 0. The van der Waals surface area contributed by atoms with E-state index in [1.54, 1.807) is 6.08 Å². The van der Waals surface area contributed by atoms with Crippen LogP contribution in [0.2, 0.25) is 0 Å². The van der Waals surface area contributed by atoms with Gasteiger partial charge >= 0.3 is 0 Å². The average molecular weight is 116 g/mol. The summed E-state index contributed by atoms with van der Waals surface area (Å²) in [6.45, 7) is 1.97. The molecule has 0 spiro atoms. The Hall–Kier alpha value is -0.500. The summed E-state index contributed by atoms with van der Waals surface area (Å²) in [5, 5.41) is 17.0. The summed E-state index contributed by atoms with van der Waals surface area (Å²) in [5.41, 5.74) is 0. The Bertz CT molecular complexity index is 76.6. The lowest BCUT2D eigenvalue weighted by atomic mass is 10.3. The average Bonchev–Trinajstić information content (AvgIpc) is 1.68. The molecule has 8 heavy (non-hydrogen) atoms. The monoisotopic (exact) mass is 116 g/mol. The van der Waals surface area contributed by atoms with Crippen LogP contribution >= 0.6 is 0 Å². The zero-order valence-corrected chi connectivity index (χ0v) is 5.09. The van der Waals surface area contributed by atoms with Crippen molar-refractivity contribution in [3.05, 3.63) is 11.8 Å². The second kappa shape index (κ2) is 4.65. The minimum absolute atomic E-state index is 0.0301. The first-order valence-electron chi connectivity index (χ1n) is 2.80. The van der Waals surface area contributed by atoms with Gasteiger partial charge in [0.25, 0.3) is 0 Å². The molecule has 2 N–H and O–H groups in total. The van der Waals surface area contributed by atoms with E-state index in [1.165, 1.54) is 0 Å². The van der Waals surface area contributed by atoms with Crippen molar-refractivity contribution >= 4 is 0 Å². The van der Waals surface area contributed by atoms with Crippen molar-refractivity contribution in [2.45, 2.75) is 19.8 Å². The van der Waals surface area contributed by atoms with Gasteiger partial charge < -0.3 is 10.2 Å². The van der Waals surface area contributed by atoms with E-state index in [2.05, 4.69) is 0 Å². The van der Waals surface area contributed by atoms with Gasteiger partial charge in [-0.2, -0.15) is 0 Å². The molecule has 0 heterocycles. The summed E-state index contributed by atoms with van der Waals surface area (Å²) in [6.07, 6.45) is 2.90. The molecule has 48 valence electrons. The molecule has 0 aliphatic heterocycles. The summed E-state index contributed by atoms with van der Waals surface area (Å²) < 4.78 is 0. The van der Waals surface area contributed by atoms with E-state index < -0.39 is 0 Å². The summed E-state index contributed by atoms with van der Waals surface area (Å²) >= 11 is 0. The molecule has 0 aromatic carbocycles. The largest absolute Gasteiger partial charge is 0.513 e. The van der Waals surface area contributed by atoms with Crippen LogP contribution in [0.3, 0.4) is 0 Å². The molecule has 2 heteroatoms. The molecule has 0 rings (SSSR count). The van der Waals surface area contributed by atoms with Crippen molar-refractivity contribution in [2.24, 2.45) is 0 Å². The van der Waals surface area contributed by atoms with E-state index in [0.717, 1.165) is 6.42 Å². The molecule has 0 radical (unpaired) electrons. The molecule has 2 nitrogen and oxygen atoms in total. The molecular formula is C6H12O2. The third-order valence-corrected chi connectivity index (χ3v) is 0.808. The van der Waals surface area contributed by atoms with Crippen molar-refractivity contribution in [3.63, 3.8) is 0 Å². The highest BCUT2D eigenvalue weighted by Gasteiger charge is 1.86. The van der Waals surface area contributed by atoms with E-state index in [-0.39, 0.29) is 12.4 Å². The molecule has 0 aliphatic rings. The molecule has 0 bridgehead atoms. The maximum absolute atomic E-state index is 8.75. The van der Waals surface area contributed by atoms with Crippen LogP contribution in [0.5, 0.6) is 0 Å². The van der Waals surface area contributed by atoms with Gasteiger partial charge in [-0.15, -0.1) is 0 Å². The van der Waals surface area contributed by atoms with Crippen LogP contribution in [0.1, 0.15) is 19.8 Å². The second-order valence-corrected chi connectivity index (χ2v) is 1.58. The van der Waals surface area contributed by atoms with E-state index in [1.807, 2.05) is 6.92 Å². The van der Waals surface area contributed by atoms with E-state index in [0.29, 0.717) is 6.42 Å². The second-order valence-electron chi connectivity index (χ2n) is 1.58. The highest BCUT2D eigenvalue weighted by atomic mass is 16.3. The van der Waals surface area contributed by atoms with Crippen molar-refractivity contribution in [3.8, 4) is 0 Å². The SMILES string of the molecule is CCC=C(O)CCO. The smallest absolute Gasteiger partial charge is 0.0905 e. The van der Waals surface area contributed by atoms with Crippen molar-refractivity contribution < 1.29 is 10.2 Å². The molecule has 0 aromatic heterocycles. The van der Waals surface area contributed by atoms with Gasteiger partial charge in [-0.05, 0) is 12.5 Å². The first kappa shape index (κ1) is 7.50. The third-order valence-electron chi connectivity index (χ3n) is 0.808. The topological polar surface area (TPSA) is 40.5 Å². The maximum atomic E-state index is 8.75. The van der Waals surface area contributed by atoms with Gasteiger partial charge in [0.2, 0.25) is 0 Å². The van der Waals surface area contributed by atoms with E-state index in [4.69, 9.17) is 10.2 Å². The lowest BCUT2D eigenvalue weighted by molar-refractivity contribution is 0.267. The third kappa shape index (κ3) is 3.68. The fourth-order valence-electron chi connectivity index (χ4n) is 0.452. The van der Waals surface area contributed by atoms with Crippen LogP contribution in [-0.4, -0.2) is 16.8 Å². The first-order chi connectivity index (χ1) is 3.81. The van der Waals surface area contributed by atoms with Gasteiger partial charge in [-0.3, -0.25) is 0 Å². The fourth-order valence-corrected chi connectivity index (χ4v) is 0.452. The van der Waals surface area contributed by atoms with Gasteiger partial charge in [-0.1, -0.05) is 6.92 Å². The van der Waals surface area contributed by atoms with Crippen LogP contribution < -0.4 is 0 Å². The fraction of sp³-hybridized carbons (Fsp3) is 0.667. The number of hydrogen-bond donors (Lipinski definition) is 2. The van der Waals surface area contributed by atoms with Gasteiger partial charge in [0.05, 0.1) is 12.4 Å². The van der Waals surface area contributed by atoms with Crippen molar-refractivity contribution in [1.82, 2.24) is 0 Å². The van der Waals surface area contributed by atoms with E-state index >= 15 is 0 Å². The maximum Gasteiger partial charge on any atom is 0.0905 e. The summed E-state index contributed by atoms with van der Waals surface area (Å²) in [5.74, 6) is 0.287. The van der Waals surface area contributed by atoms with Crippen LogP contribution in [0.4, 0.5) is 0 Å². The number of hydrogen-bond acceptors (Lipinski definition) is 2. The van der Waals surface area contributed by atoms with Gasteiger partial charge in [0, 0.05) is 6.42 Å². The quantitative estimate of drug-likeness (QED) is 0.544. The number of allylic oxidation sites excluding steroid dienone is 1. The Balaban J connectivity index is 3.29. The number of aliphatic hydroxyl groups is 2. The Labute approximate surface area is 49.5 Å². The highest BCUT2D eigenvalue weighted by Crippen LogP contribution is 1.95. The molecule has 0 atom stereocenters. The molecule has 0 saturated carbocycles. The van der Waals surface area contributed by atoms with Gasteiger partial charge in [0.1, 0.15) is 0 Å². The Morgan fingerprint density at radius 3 is 2.62 bits per heavy atom. The van der Waals surface area contributed by atoms with Gasteiger partial charge in [0.15, 0.2) is 0 Å². The van der Waals surface area contributed by atoms with Crippen LogP contribution in [0.25, 0.3) is 0 Å². The summed E-state index contributed by atoms with van der Waals surface area (Å²) in [6, 6.07) is 0. The molecule has 0 aliphatic carbocycles. The van der Waals surface area contributed by atoms with Crippen LogP contribution in [0.15, 0.2) is 11.8 Å².